The monoisotopic (exact) mass is 325 g/mol. The third kappa shape index (κ3) is 4.52. The van der Waals surface area contributed by atoms with Crippen molar-refractivity contribution in [1.29, 1.82) is 0 Å². The molecule has 0 heterocycles. The minimum absolute atomic E-state index is 0.0808. The highest BCUT2D eigenvalue weighted by Gasteiger charge is 2.30. The molecule has 0 aromatic heterocycles. The van der Waals surface area contributed by atoms with E-state index in [2.05, 4.69) is 0 Å². The third-order valence-corrected chi connectivity index (χ3v) is 3.98. The van der Waals surface area contributed by atoms with Crippen LogP contribution in [0.1, 0.15) is 18.9 Å². The lowest BCUT2D eigenvalue weighted by Gasteiger charge is -2.26. The number of aliphatic hydroxyl groups is 1. The molecule has 2 rings (SSSR count). The zero-order valence-electron chi connectivity index (χ0n) is 13.9. The molecule has 2 aromatic carbocycles. The summed E-state index contributed by atoms with van der Waals surface area (Å²) in [4.78, 5) is 26.9. The third-order valence-electron chi connectivity index (χ3n) is 3.98. The van der Waals surface area contributed by atoms with Crippen molar-refractivity contribution in [3.63, 3.8) is 0 Å². The Hall–Kier alpha value is -2.46. The van der Waals surface area contributed by atoms with E-state index in [0.29, 0.717) is 18.5 Å². The van der Waals surface area contributed by atoms with Crippen molar-refractivity contribution in [1.82, 2.24) is 0 Å². The van der Waals surface area contributed by atoms with Crippen molar-refractivity contribution in [2.24, 2.45) is 5.92 Å². The van der Waals surface area contributed by atoms with Crippen molar-refractivity contribution >= 4 is 17.4 Å². The zero-order valence-corrected chi connectivity index (χ0v) is 13.9. The molecular weight excluding hydrogens is 302 g/mol. The Morgan fingerprint density at radius 2 is 1.58 bits per heavy atom. The molecule has 0 saturated carbocycles. The number of rotatable bonds is 8. The quantitative estimate of drug-likeness (QED) is 0.759. The van der Waals surface area contributed by atoms with Crippen LogP contribution in [0.2, 0.25) is 0 Å². The number of carbonyl (C=O) groups is 2. The van der Waals surface area contributed by atoms with E-state index in [4.69, 9.17) is 0 Å². The van der Waals surface area contributed by atoms with Crippen LogP contribution in [0.15, 0.2) is 60.7 Å². The highest BCUT2D eigenvalue weighted by molar-refractivity contribution is 6.08. The summed E-state index contributed by atoms with van der Waals surface area (Å²) in [5, 5.41) is 9.34. The van der Waals surface area contributed by atoms with E-state index >= 15 is 0 Å². The highest BCUT2D eigenvalue weighted by atomic mass is 16.3. The maximum Gasteiger partial charge on any atom is 0.237 e. The molecule has 0 spiro atoms. The van der Waals surface area contributed by atoms with Gasteiger partial charge in [0.2, 0.25) is 5.91 Å². The van der Waals surface area contributed by atoms with Crippen molar-refractivity contribution in [3.8, 4) is 0 Å². The van der Waals surface area contributed by atoms with Crippen LogP contribution in [0.5, 0.6) is 0 Å². The maximum absolute atomic E-state index is 13.0. The second-order valence-corrected chi connectivity index (χ2v) is 5.61. The van der Waals surface area contributed by atoms with Gasteiger partial charge in [-0.05, 0) is 24.1 Å². The number of carbonyl (C=O) groups excluding carboxylic acids is 2. The summed E-state index contributed by atoms with van der Waals surface area (Å²) in [6.07, 6.45) is 0.687. The number of amides is 1. The van der Waals surface area contributed by atoms with Crippen molar-refractivity contribution in [3.05, 3.63) is 66.2 Å². The molecule has 4 heteroatoms. The van der Waals surface area contributed by atoms with E-state index < -0.39 is 5.92 Å². The van der Waals surface area contributed by atoms with Crippen LogP contribution in [0, 0.1) is 5.92 Å². The number of anilines is 1. The Labute approximate surface area is 142 Å². The molecule has 0 saturated heterocycles. The van der Waals surface area contributed by atoms with Crippen LogP contribution < -0.4 is 4.90 Å². The normalized spacial score (nSPS) is 11.8. The molecule has 1 atom stereocenters. The van der Waals surface area contributed by atoms with Crippen LogP contribution in [0.25, 0.3) is 0 Å². The van der Waals surface area contributed by atoms with Gasteiger partial charge in [0.05, 0.1) is 6.61 Å². The molecule has 0 fully saturated rings. The maximum atomic E-state index is 13.0. The van der Waals surface area contributed by atoms with Crippen molar-refractivity contribution in [2.75, 3.05) is 18.1 Å². The van der Waals surface area contributed by atoms with Crippen LogP contribution in [0.4, 0.5) is 5.69 Å². The number of hydrogen-bond acceptors (Lipinski definition) is 3. The summed E-state index contributed by atoms with van der Waals surface area (Å²) in [5.74, 6) is -1.07. The number of benzene rings is 2. The largest absolute Gasteiger partial charge is 0.395 e. The van der Waals surface area contributed by atoms with Gasteiger partial charge in [-0.15, -0.1) is 0 Å². The van der Waals surface area contributed by atoms with Crippen molar-refractivity contribution < 1.29 is 14.7 Å². The number of aliphatic hydroxyl groups excluding tert-OH is 1. The molecule has 2 aromatic rings. The van der Waals surface area contributed by atoms with Gasteiger partial charge in [0.15, 0.2) is 0 Å². The van der Waals surface area contributed by atoms with Gasteiger partial charge in [0.25, 0.3) is 0 Å². The van der Waals surface area contributed by atoms with Gasteiger partial charge < -0.3 is 10.0 Å². The summed E-state index contributed by atoms with van der Waals surface area (Å²) in [6, 6.07) is 18.7. The van der Waals surface area contributed by atoms with Gasteiger partial charge in [-0.1, -0.05) is 55.5 Å². The molecule has 1 unspecified atom stereocenters. The molecule has 0 aliphatic heterocycles. The fourth-order valence-electron chi connectivity index (χ4n) is 2.70. The zero-order chi connectivity index (χ0) is 17.4. The standard InChI is InChI=1S/C20H23NO3/c1-2-19(23)18(15-16-9-5-3-6-10-16)20(24)21(13-14-22)17-11-7-4-8-12-17/h3-12,18,22H,2,13-15H2,1H3. The Morgan fingerprint density at radius 1 is 1.00 bits per heavy atom. The van der Waals surface area contributed by atoms with Gasteiger partial charge in [0.1, 0.15) is 11.7 Å². The summed E-state index contributed by atoms with van der Waals surface area (Å²) >= 11 is 0. The summed E-state index contributed by atoms with van der Waals surface area (Å²) < 4.78 is 0. The van der Waals surface area contributed by atoms with Gasteiger partial charge in [-0.3, -0.25) is 9.59 Å². The average molecular weight is 325 g/mol. The average Bonchev–Trinajstić information content (AvgIpc) is 2.64. The Bertz CT molecular complexity index is 655. The molecule has 0 bridgehead atoms. The first-order valence-electron chi connectivity index (χ1n) is 8.21. The van der Waals surface area contributed by atoms with E-state index in [0.717, 1.165) is 5.56 Å². The first-order chi connectivity index (χ1) is 11.7. The van der Waals surface area contributed by atoms with E-state index in [9.17, 15) is 14.7 Å². The second kappa shape index (κ2) is 8.99. The molecular formula is C20H23NO3. The minimum Gasteiger partial charge on any atom is -0.395 e. The molecule has 1 N–H and O–H groups in total. The predicted octanol–water partition coefficient (Wildman–Crippen LogP) is 2.85. The molecule has 1 amide bonds. The number of nitrogens with zero attached hydrogens (tertiary/aromatic N) is 1. The number of Topliss-reactive ketones (excluding diaryl/α,β-unsaturated/α-hetero) is 1. The van der Waals surface area contributed by atoms with Gasteiger partial charge in [-0.2, -0.15) is 0 Å². The van der Waals surface area contributed by atoms with E-state index in [1.165, 1.54) is 4.90 Å². The fourth-order valence-corrected chi connectivity index (χ4v) is 2.70. The van der Waals surface area contributed by atoms with E-state index in [-0.39, 0.29) is 24.8 Å². The Kier molecular flexibility index (Phi) is 6.70. The van der Waals surface area contributed by atoms with Crippen LogP contribution in [-0.4, -0.2) is 29.9 Å². The predicted molar refractivity (Wildman–Crippen MR) is 94.8 cm³/mol. The first-order valence-corrected chi connectivity index (χ1v) is 8.21. The first kappa shape index (κ1) is 17.9. The molecule has 4 nitrogen and oxygen atoms in total. The minimum atomic E-state index is -0.732. The lowest BCUT2D eigenvalue weighted by Crippen LogP contribution is -2.42. The summed E-state index contributed by atoms with van der Waals surface area (Å²) in [7, 11) is 0. The van der Waals surface area contributed by atoms with Gasteiger partial charge in [0, 0.05) is 18.7 Å². The van der Waals surface area contributed by atoms with Crippen molar-refractivity contribution in [2.45, 2.75) is 19.8 Å². The van der Waals surface area contributed by atoms with E-state index in [1.54, 1.807) is 6.92 Å². The topological polar surface area (TPSA) is 57.6 Å². The van der Waals surface area contributed by atoms with Gasteiger partial charge in [-0.25, -0.2) is 0 Å². The lowest BCUT2D eigenvalue weighted by atomic mass is 9.92. The number of para-hydroxylation sites is 1. The van der Waals surface area contributed by atoms with Gasteiger partial charge >= 0.3 is 0 Å². The SMILES string of the molecule is CCC(=O)C(Cc1ccccc1)C(=O)N(CCO)c1ccccc1. The number of ketones is 1. The Morgan fingerprint density at radius 3 is 2.12 bits per heavy atom. The smallest absolute Gasteiger partial charge is 0.237 e. The second-order valence-electron chi connectivity index (χ2n) is 5.61. The number of hydrogen-bond donors (Lipinski definition) is 1. The van der Waals surface area contributed by atoms with E-state index in [1.807, 2.05) is 60.7 Å². The van der Waals surface area contributed by atoms with Crippen LogP contribution in [0.3, 0.4) is 0 Å². The molecule has 0 aliphatic carbocycles. The highest BCUT2D eigenvalue weighted by Crippen LogP contribution is 2.20. The molecule has 0 aliphatic rings. The fraction of sp³-hybridized carbons (Fsp3) is 0.300. The summed E-state index contributed by atoms with van der Waals surface area (Å²) in [6.45, 7) is 1.79. The summed E-state index contributed by atoms with van der Waals surface area (Å²) in [5.41, 5.74) is 1.65. The molecule has 126 valence electrons. The van der Waals surface area contributed by atoms with Crippen LogP contribution in [-0.2, 0) is 16.0 Å². The lowest BCUT2D eigenvalue weighted by molar-refractivity contribution is -0.132. The molecule has 0 radical (unpaired) electrons. The molecule has 24 heavy (non-hydrogen) atoms. The Balaban J connectivity index is 2.29. The van der Waals surface area contributed by atoms with Crippen LogP contribution >= 0.6 is 0 Å².